The van der Waals surface area contributed by atoms with Crippen LogP contribution in [0.3, 0.4) is 0 Å². The number of nitrogens with one attached hydrogen (secondary N) is 2. The van der Waals surface area contributed by atoms with Crippen molar-refractivity contribution in [2.24, 2.45) is 0 Å². The standard InChI is InChI=1S/C14H19FN2O/c1-14(2,3)17-13(18)9-4-7-12(11(15)8-9)16-10-5-6-10/h4,7-8,10,16H,5-6H2,1-3H3,(H,17,18). The van der Waals surface area contributed by atoms with Crippen molar-refractivity contribution in [2.75, 3.05) is 5.32 Å². The van der Waals surface area contributed by atoms with Crippen LogP contribution in [0.2, 0.25) is 0 Å². The van der Waals surface area contributed by atoms with Crippen molar-refractivity contribution in [3.63, 3.8) is 0 Å². The molecule has 1 fully saturated rings. The van der Waals surface area contributed by atoms with E-state index >= 15 is 0 Å². The van der Waals surface area contributed by atoms with Crippen LogP contribution in [0.4, 0.5) is 10.1 Å². The van der Waals surface area contributed by atoms with Gasteiger partial charge in [-0.2, -0.15) is 0 Å². The molecule has 0 aliphatic heterocycles. The van der Waals surface area contributed by atoms with Crippen LogP contribution in [0.1, 0.15) is 44.0 Å². The highest BCUT2D eigenvalue weighted by atomic mass is 19.1. The van der Waals surface area contributed by atoms with E-state index in [4.69, 9.17) is 0 Å². The maximum atomic E-state index is 13.8. The number of benzene rings is 1. The van der Waals surface area contributed by atoms with Gasteiger partial charge >= 0.3 is 0 Å². The second-order valence-electron chi connectivity index (χ2n) is 5.82. The fourth-order valence-corrected chi connectivity index (χ4v) is 1.63. The molecule has 0 unspecified atom stereocenters. The number of halogens is 1. The lowest BCUT2D eigenvalue weighted by Gasteiger charge is -2.20. The highest BCUT2D eigenvalue weighted by Gasteiger charge is 2.22. The molecular weight excluding hydrogens is 231 g/mol. The average molecular weight is 250 g/mol. The van der Waals surface area contributed by atoms with E-state index in [1.54, 1.807) is 12.1 Å². The molecule has 1 amide bonds. The number of carbonyl (C=O) groups is 1. The maximum Gasteiger partial charge on any atom is 0.251 e. The molecule has 1 aromatic carbocycles. The Morgan fingerprint density at radius 3 is 2.50 bits per heavy atom. The van der Waals surface area contributed by atoms with Gasteiger partial charge in [-0.05, 0) is 51.8 Å². The fourth-order valence-electron chi connectivity index (χ4n) is 1.63. The number of carbonyl (C=O) groups excluding carboxylic acids is 1. The number of anilines is 1. The van der Waals surface area contributed by atoms with E-state index in [0.29, 0.717) is 17.3 Å². The highest BCUT2D eigenvalue weighted by molar-refractivity contribution is 5.95. The lowest BCUT2D eigenvalue weighted by atomic mass is 10.1. The first-order chi connectivity index (χ1) is 8.35. The Bertz CT molecular complexity index is 461. The van der Waals surface area contributed by atoms with Crippen LogP contribution in [0.5, 0.6) is 0 Å². The van der Waals surface area contributed by atoms with Gasteiger partial charge in [0.15, 0.2) is 0 Å². The zero-order valence-electron chi connectivity index (χ0n) is 11.0. The van der Waals surface area contributed by atoms with Gasteiger partial charge < -0.3 is 10.6 Å². The van der Waals surface area contributed by atoms with E-state index in [0.717, 1.165) is 12.8 Å². The number of hydrogen-bond donors (Lipinski definition) is 2. The van der Waals surface area contributed by atoms with Crippen molar-refractivity contribution in [3.05, 3.63) is 29.6 Å². The molecule has 0 atom stereocenters. The van der Waals surface area contributed by atoms with Crippen LogP contribution in [0, 0.1) is 5.82 Å². The third-order valence-corrected chi connectivity index (χ3v) is 2.66. The number of amides is 1. The predicted octanol–water partition coefficient (Wildman–Crippen LogP) is 2.93. The number of rotatable bonds is 3. The first-order valence-corrected chi connectivity index (χ1v) is 6.24. The van der Waals surface area contributed by atoms with E-state index in [9.17, 15) is 9.18 Å². The van der Waals surface area contributed by atoms with E-state index in [1.165, 1.54) is 6.07 Å². The summed E-state index contributed by atoms with van der Waals surface area (Å²) in [6.07, 6.45) is 2.18. The molecule has 2 N–H and O–H groups in total. The van der Waals surface area contributed by atoms with Gasteiger partial charge in [0.05, 0.1) is 5.69 Å². The molecular formula is C14H19FN2O. The predicted molar refractivity (Wildman–Crippen MR) is 70.3 cm³/mol. The lowest BCUT2D eigenvalue weighted by Crippen LogP contribution is -2.40. The van der Waals surface area contributed by atoms with Crippen molar-refractivity contribution in [3.8, 4) is 0 Å². The summed E-state index contributed by atoms with van der Waals surface area (Å²) in [5.74, 6) is -0.622. The zero-order chi connectivity index (χ0) is 13.3. The molecule has 18 heavy (non-hydrogen) atoms. The molecule has 0 spiro atoms. The third kappa shape index (κ3) is 3.45. The Morgan fingerprint density at radius 2 is 2.00 bits per heavy atom. The molecule has 0 saturated heterocycles. The van der Waals surface area contributed by atoms with E-state index in [1.807, 2.05) is 20.8 Å². The Hall–Kier alpha value is -1.58. The molecule has 98 valence electrons. The van der Waals surface area contributed by atoms with E-state index in [2.05, 4.69) is 10.6 Å². The lowest BCUT2D eigenvalue weighted by molar-refractivity contribution is 0.0919. The van der Waals surface area contributed by atoms with Crippen molar-refractivity contribution in [1.82, 2.24) is 5.32 Å². The first-order valence-electron chi connectivity index (χ1n) is 6.24. The molecule has 1 aliphatic carbocycles. The van der Waals surface area contributed by atoms with Gasteiger partial charge in [0, 0.05) is 17.1 Å². The molecule has 4 heteroatoms. The van der Waals surface area contributed by atoms with Crippen LogP contribution in [0.15, 0.2) is 18.2 Å². The minimum atomic E-state index is -0.372. The largest absolute Gasteiger partial charge is 0.380 e. The summed E-state index contributed by atoms with van der Waals surface area (Å²) in [4.78, 5) is 11.9. The molecule has 0 heterocycles. The maximum absolute atomic E-state index is 13.8. The molecule has 3 nitrogen and oxygen atoms in total. The van der Waals surface area contributed by atoms with Gasteiger partial charge in [-0.15, -0.1) is 0 Å². The van der Waals surface area contributed by atoms with E-state index < -0.39 is 0 Å². The highest BCUT2D eigenvalue weighted by Crippen LogP contribution is 2.26. The summed E-state index contributed by atoms with van der Waals surface area (Å²) in [6.45, 7) is 5.68. The van der Waals surface area contributed by atoms with Gasteiger partial charge in [0.25, 0.3) is 5.91 Å². The number of hydrogen-bond acceptors (Lipinski definition) is 2. The molecule has 1 aliphatic rings. The Morgan fingerprint density at radius 1 is 1.33 bits per heavy atom. The molecule has 1 aromatic rings. The van der Waals surface area contributed by atoms with Crippen molar-refractivity contribution < 1.29 is 9.18 Å². The quantitative estimate of drug-likeness (QED) is 0.866. The summed E-state index contributed by atoms with van der Waals surface area (Å²) in [5, 5.41) is 5.90. The summed E-state index contributed by atoms with van der Waals surface area (Å²) >= 11 is 0. The summed E-state index contributed by atoms with van der Waals surface area (Å²) in [6, 6.07) is 4.96. The minimum Gasteiger partial charge on any atom is -0.380 e. The van der Waals surface area contributed by atoms with Crippen molar-refractivity contribution in [1.29, 1.82) is 0 Å². The Balaban J connectivity index is 2.09. The third-order valence-electron chi connectivity index (χ3n) is 2.66. The fraction of sp³-hybridized carbons (Fsp3) is 0.500. The summed E-state index contributed by atoms with van der Waals surface area (Å²) in [5.41, 5.74) is 0.506. The Kier molecular flexibility index (Phi) is 3.28. The average Bonchev–Trinajstić information content (AvgIpc) is 3.02. The summed E-state index contributed by atoms with van der Waals surface area (Å²) in [7, 11) is 0. The molecule has 1 saturated carbocycles. The van der Waals surface area contributed by atoms with Crippen molar-refractivity contribution >= 4 is 11.6 Å². The topological polar surface area (TPSA) is 41.1 Å². The van der Waals surface area contributed by atoms with Crippen LogP contribution < -0.4 is 10.6 Å². The van der Waals surface area contributed by atoms with Gasteiger partial charge in [-0.25, -0.2) is 4.39 Å². The van der Waals surface area contributed by atoms with Crippen molar-refractivity contribution in [2.45, 2.75) is 45.2 Å². The van der Waals surface area contributed by atoms with Crippen LogP contribution in [-0.2, 0) is 0 Å². The second-order valence-corrected chi connectivity index (χ2v) is 5.82. The van der Waals surface area contributed by atoms with Crippen LogP contribution in [0.25, 0.3) is 0 Å². The smallest absolute Gasteiger partial charge is 0.251 e. The molecule has 0 bridgehead atoms. The molecule has 0 radical (unpaired) electrons. The molecule has 0 aromatic heterocycles. The van der Waals surface area contributed by atoms with Gasteiger partial charge in [-0.1, -0.05) is 0 Å². The molecule has 2 rings (SSSR count). The monoisotopic (exact) mass is 250 g/mol. The van der Waals surface area contributed by atoms with Crippen LogP contribution >= 0.6 is 0 Å². The minimum absolute atomic E-state index is 0.251. The van der Waals surface area contributed by atoms with Gasteiger partial charge in [0.2, 0.25) is 0 Å². The zero-order valence-corrected chi connectivity index (χ0v) is 11.0. The second kappa shape index (κ2) is 4.59. The van der Waals surface area contributed by atoms with E-state index in [-0.39, 0.29) is 17.3 Å². The normalized spacial score (nSPS) is 15.3. The SMILES string of the molecule is CC(C)(C)NC(=O)c1ccc(NC2CC2)c(F)c1. The van der Waals surface area contributed by atoms with Crippen LogP contribution in [-0.4, -0.2) is 17.5 Å². The van der Waals surface area contributed by atoms with Gasteiger partial charge in [0.1, 0.15) is 5.82 Å². The summed E-state index contributed by atoms with van der Waals surface area (Å²) < 4.78 is 13.8. The van der Waals surface area contributed by atoms with Gasteiger partial charge in [-0.3, -0.25) is 4.79 Å². The Labute approximate surface area is 107 Å². The first kappa shape index (κ1) is 12.9.